The van der Waals surface area contributed by atoms with Crippen LogP contribution in [0.15, 0.2) is 12.2 Å². The first-order valence-corrected chi connectivity index (χ1v) is 2.55. The fourth-order valence-electron chi connectivity index (χ4n) is 0.367. The Hall–Kier alpha value is -0.760. The van der Waals surface area contributed by atoms with Gasteiger partial charge in [0.1, 0.15) is 5.15 Å². The molecule has 0 amide bonds. The summed E-state index contributed by atoms with van der Waals surface area (Å²) in [5, 5.41) is -0.263. The molecule has 0 unspecified atom stereocenters. The van der Waals surface area contributed by atoms with Crippen LogP contribution in [0.3, 0.4) is 0 Å². The van der Waals surface area contributed by atoms with E-state index in [4.69, 9.17) is 24.2 Å². The van der Waals surface area contributed by atoms with Crippen LogP contribution in [-0.2, 0) is 0 Å². The lowest BCUT2D eigenvalue weighted by atomic mass is 10.3. The molecule has 0 saturated carbocycles. The van der Waals surface area contributed by atoms with Crippen molar-refractivity contribution >= 4 is 17.3 Å². The van der Waals surface area contributed by atoms with Crippen LogP contribution < -0.4 is 5.73 Å². The molecule has 9 heavy (non-hydrogen) atoms. The third-order valence-electron chi connectivity index (χ3n) is 0.773. The molecule has 0 aromatic carbocycles. The second kappa shape index (κ2) is 2.23. The Labute approximate surface area is 65.7 Å². The summed E-state index contributed by atoms with van der Waals surface area (Å²) in [6.07, 6.45) is -0.511. The van der Waals surface area contributed by atoms with Crippen molar-refractivity contribution in [3.63, 3.8) is 0 Å². The maximum atomic E-state index is 7.31. The first kappa shape index (κ1) is 2.46. The molecule has 1 aromatic heterocycles. The normalized spacial score (nSPS) is 19.0. The molecule has 3 heteroatoms. The molecule has 48 valence electrons. The van der Waals surface area contributed by atoms with Crippen LogP contribution in [-0.4, -0.2) is 4.98 Å². The van der Waals surface area contributed by atoms with Crippen molar-refractivity contribution in [3.8, 4) is 0 Å². The molecule has 0 atom stereocenters. The van der Waals surface area contributed by atoms with Gasteiger partial charge in [-0.25, -0.2) is 4.98 Å². The molecular formula is C6H7ClN2. The number of anilines is 1. The zero-order valence-corrected chi connectivity index (χ0v) is 5.16. The molecule has 0 saturated heterocycles. The summed E-state index contributed by atoms with van der Waals surface area (Å²) in [6, 6.07) is -0.353. The predicted molar refractivity (Wildman–Crippen MR) is 38.4 cm³/mol. The highest BCUT2D eigenvalue weighted by molar-refractivity contribution is 6.29. The van der Waals surface area contributed by atoms with Crippen molar-refractivity contribution in [3.05, 3.63) is 22.9 Å². The monoisotopic (exact) mass is 147 g/mol. The van der Waals surface area contributed by atoms with E-state index in [1.165, 1.54) is 0 Å². The first-order valence-electron chi connectivity index (χ1n) is 4.67. The fraction of sp³-hybridized carbons (Fsp3) is 0.167. The standard InChI is InChI=1S/C6H7ClN2/c1-4-3-9-6(7)2-5(4)8/h2-3H,1H3,(H2,8,9)/i1D3,2D,3D. The van der Waals surface area contributed by atoms with Gasteiger partial charge in [0.15, 0.2) is 0 Å². The minimum absolute atomic E-state index is 0.263. The van der Waals surface area contributed by atoms with E-state index in [0.717, 1.165) is 0 Å². The van der Waals surface area contributed by atoms with Gasteiger partial charge in [0.25, 0.3) is 0 Å². The predicted octanol–water partition coefficient (Wildman–Crippen LogP) is 1.63. The van der Waals surface area contributed by atoms with Crippen molar-refractivity contribution in [1.82, 2.24) is 4.98 Å². The second-order valence-electron chi connectivity index (χ2n) is 1.43. The fourth-order valence-corrected chi connectivity index (χ4v) is 0.511. The van der Waals surface area contributed by atoms with Gasteiger partial charge in [-0.05, 0) is 18.5 Å². The number of halogens is 1. The Kier molecular flexibility index (Phi) is 0.611. The second-order valence-corrected chi connectivity index (χ2v) is 1.79. The van der Waals surface area contributed by atoms with E-state index in [-0.39, 0.29) is 16.9 Å². The highest BCUT2D eigenvalue weighted by Gasteiger charge is 1.92. The molecule has 2 N–H and O–H groups in total. The van der Waals surface area contributed by atoms with Gasteiger partial charge in [-0.15, -0.1) is 0 Å². The van der Waals surface area contributed by atoms with E-state index < -0.39 is 18.6 Å². The van der Waals surface area contributed by atoms with Gasteiger partial charge in [-0.2, -0.15) is 0 Å². The van der Waals surface area contributed by atoms with Crippen LogP contribution in [0.25, 0.3) is 0 Å². The molecule has 0 aliphatic heterocycles. The number of hydrogen-bond acceptors (Lipinski definition) is 2. The number of rotatable bonds is 0. The minimum atomic E-state index is -2.55. The summed E-state index contributed by atoms with van der Waals surface area (Å²) in [4.78, 5) is 3.40. The van der Waals surface area contributed by atoms with Gasteiger partial charge in [0, 0.05) is 16.0 Å². The molecule has 0 spiro atoms. The number of nitrogens with zero attached hydrogens (tertiary/aromatic N) is 1. The molecule has 0 fully saturated rings. The summed E-state index contributed by atoms with van der Waals surface area (Å²) >= 11 is 5.46. The van der Waals surface area contributed by atoms with Crippen molar-refractivity contribution in [1.29, 1.82) is 0 Å². The topological polar surface area (TPSA) is 38.9 Å². The van der Waals surface area contributed by atoms with E-state index in [2.05, 4.69) is 4.98 Å². The van der Waals surface area contributed by atoms with Gasteiger partial charge in [0.2, 0.25) is 0 Å². The molecule has 0 bridgehead atoms. The number of pyridine rings is 1. The Morgan fingerprint density at radius 2 is 2.78 bits per heavy atom. The van der Waals surface area contributed by atoms with Crippen molar-refractivity contribution in [2.45, 2.75) is 6.85 Å². The average molecular weight is 148 g/mol. The van der Waals surface area contributed by atoms with Crippen LogP contribution in [0.5, 0.6) is 0 Å². The molecule has 0 aliphatic carbocycles. The van der Waals surface area contributed by atoms with E-state index in [9.17, 15) is 0 Å². The van der Waals surface area contributed by atoms with E-state index in [1.807, 2.05) is 0 Å². The zero-order chi connectivity index (χ0) is 11.1. The number of nitrogen functional groups attached to an aromatic ring is 1. The number of nitrogens with two attached hydrogens (primary N) is 1. The summed E-state index contributed by atoms with van der Waals surface area (Å²) in [5.74, 6) is 0. The molecule has 1 rings (SSSR count). The van der Waals surface area contributed by atoms with Gasteiger partial charge < -0.3 is 5.73 Å². The van der Waals surface area contributed by atoms with Crippen LogP contribution in [0, 0.1) is 6.85 Å². The van der Waals surface area contributed by atoms with Crippen LogP contribution in [0.4, 0.5) is 5.69 Å². The van der Waals surface area contributed by atoms with Gasteiger partial charge in [-0.1, -0.05) is 11.6 Å². The van der Waals surface area contributed by atoms with E-state index in [0.29, 0.717) is 0 Å². The lowest BCUT2D eigenvalue weighted by Crippen LogP contribution is -1.89. The average Bonchev–Trinajstić information content (AvgIpc) is 1.97. The van der Waals surface area contributed by atoms with Crippen molar-refractivity contribution in [2.24, 2.45) is 0 Å². The first-order chi connectivity index (χ1) is 6.25. The Balaban J connectivity index is 3.53. The third kappa shape index (κ3) is 1.33. The Morgan fingerprint density at radius 1 is 2.00 bits per heavy atom. The van der Waals surface area contributed by atoms with E-state index in [1.54, 1.807) is 0 Å². The van der Waals surface area contributed by atoms with Gasteiger partial charge in [0.05, 0.1) is 2.74 Å². The van der Waals surface area contributed by atoms with Crippen LogP contribution in [0.1, 0.15) is 12.4 Å². The molecule has 1 heterocycles. The maximum absolute atomic E-state index is 7.31. The lowest BCUT2D eigenvalue weighted by Gasteiger charge is -1.96. The minimum Gasteiger partial charge on any atom is -0.398 e. The molecular weight excluding hydrogens is 136 g/mol. The van der Waals surface area contributed by atoms with Crippen molar-refractivity contribution in [2.75, 3.05) is 5.73 Å². The summed E-state index contributed by atoms with van der Waals surface area (Å²) in [7, 11) is 0. The molecule has 1 aromatic rings. The number of hydrogen-bond donors (Lipinski definition) is 1. The maximum Gasteiger partial charge on any atom is 0.131 e. The highest BCUT2D eigenvalue weighted by Crippen LogP contribution is 2.12. The summed E-state index contributed by atoms with van der Waals surface area (Å²) < 4.78 is 35.9. The highest BCUT2D eigenvalue weighted by atomic mass is 35.5. The van der Waals surface area contributed by atoms with Crippen LogP contribution >= 0.6 is 11.6 Å². The van der Waals surface area contributed by atoms with Crippen LogP contribution in [0.2, 0.25) is 5.15 Å². The smallest absolute Gasteiger partial charge is 0.131 e. The molecule has 0 radical (unpaired) electrons. The molecule has 2 nitrogen and oxygen atoms in total. The summed E-state index contributed by atoms with van der Waals surface area (Å²) in [6.45, 7) is -2.55. The Bertz CT molecular complexity index is 375. The number of aromatic nitrogens is 1. The largest absolute Gasteiger partial charge is 0.398 e. The third-order valence-corrected chi connectivity index (χ3v) is 0.952. The van der Waals surface area contributed by atoms with Crippen molar-refractivity contribution < 1.29 is 6.85 Å². The van der Waals surface area contributed by atoms with E-state index >= 15 is 0 Å². The molecule has 0 aliphatic rings. The van der Waals surface area contributed by atoms with Gasteiger partial charge in [-0.3, -0.25) is 0 Å². The summed E-state index contributed by atoms with van der Waals surface area (Å²) in [5.41, 5.74) is 4.64. The quantitative estimate of drug-likeness (QED) is 0.567. The zero-order valence-electron chi connectivity index (χ0n) is 9.40. The van der Waals surface area contributed by atoms with Gasteiger partial charge >= 0.3 is 0 Å². The Morgan fingerprint density at radius 3 is 3.44 bits per heavy atom. The SMILES string of the molecule is [2H]c1nc(Cl)c([2H])c(N)c1C([2H])([2H])[2H]. The lowest BCUT2D eigenvalue weighted by molar-refractivity contribution is 1.27.